The van der Waals surface area contributed by atoms with Gasteiger partial charge in [0.1, 0.15) is 0 Å². The van der Waals surface area contributed by atoms with Gasteiger partial charge in [0.2, 0.25) is 0 Å². The van der Waals surface area contributed by atoms with E-state index < -0.39 is 0 Å². The van der Waals surface area contributed by atoms with Crippen LogP contribution in [0.2, 0.25) is 0 Å². The van der Waals surface area contributed by atoms with Gasteiger partial charge >= 0.3 is 0 Å². The van der Waals surface area contributed by atoms with Crippen molar-refractivity contribution < 1.29 is 0 Å². The van der Waals surface area contributed by atoms with E-state index in [0.29, 0.717) is 12.0 Å². The Labute approximate surface area is 115 Å². The number of nitrogens with zero attached hydrogens (tertiary/aromatic N) is 3. The Morgan fingerprint density at radius 2 is 1.95 bits per heavy atom. The maximum Gasteiger partial charge on any atom is 0.256 e. The highest BCUT2D eigenvalue weighted by molar-refractivity contribution is 5.12. The van der Waals surface area contributed by atoms with Crippen molar-refractivity contribution in [1.29, 1.82) is 0 Å². The standard InChI is InChI=1S/C15H25N3O/c1-11(2)17-7-5-14(6-8-17)9-18-10-16-13(4)12(3)15(18)19/h10-11,14H,5-9H2,1-4H3. The molecule has 0 amide bonds. The molecule has 2 rings (SSSR count). The first-order chi connectivity index (χ1) is 8.99. The first kappa shape index (κ1) is 14.3. The van der Waals surface area contributed by atoms with Crippen molar-refractivity contribution >= 4 is 0 Å². The maximum absolute atomic E-state index is 12.1. The minimum absolute atomic E-state index is 0.124. The van der Waals surface area contributed by atoms with E-state index in [1.165, 1.54) is 12.8 Å². The third kappa shape index (κ3) is 3.24. The van der Waals surface area contributed by atoms with Crippen molar-refractivity contribution in [3.05, 3.63) is 27.9 Å². The molecule has 1 fully saturated rings. The molecule has 0 aliphatic carbocycles. The van der Waals surface area contributed by atoms with Crippen molar-refractivity contribution in [2.24, 2.45) is 5.92 Å². The van der Waals surface area contributed by atoms with Gasteiger partial charge < -0.3 is 4.90 Å². The molecule has 4 nitrogen and oxygen atoms in total. The monoisotopic (exact) mass is 263 g/mol. The summed E-state index contributed by atoms with van der Waals surface area (Å²) >= 11 is 0. The first-order valence-corrected chi connectivity index (χ1v) is 7.25. The molecule has 0 unspecified atom stereocenters. The molecule has 0 atom stereocenters. The highest BCUT2D eigenvalue weighted by Gasteiger charge is 2.21. The lowest BCUT2D eigenvalue weighted by Crippen LogP contribution is -2.40. The maximum atomic E-state index is 12.1. The topological polar surface area (TPSA) is 38.1 Å². The van der Waals surface area contributed by atoms with Crippen LogP contribution in [-0.4, -0.2) is 33.6 Å². The first-order valence-electron chi connectivity index (χ1n) is 7.25. The second-order valence-electron chi connectivity index (χ2n) is 5.99. The SMILES string of the molecule is Cc1ncn(CC2CCN(C(C)C)CC2)c(=O)c1C. The molecular weight excluding hydrogens is 238 g/mol. The van der Waals surface area contributed by atoms with E-state index in [9.17, 15) is 4.79 Å². The molecule has 19 heavy (non-hydrogen) atoms. The zero-order chi connectivity index (χ0) is 14.0. The van der Waals surface area contributed by atoms with Gasteiger partial charge in [-0.15, -0.1) is 0 Å². The van der Waals surface area contributed by atoms with Gasteiger partial charge in [0.15, 0.2) is 0 Å². The average molecular weight is 263 g/mol. The van der Waals surface area contributed by atoms with E-state index in [1.54, 1.807) is 10.9 Å². The van der Waals surface area contributed by atoms with Gasteiger partial charge in [-0.3, -0.25) is 9.36 Å². The van der Waals surface area contributed by atoms with Crippen LogP contribution in [0, 0.1) is 19.8 Å². The smallest absolute Gasteiger partial charge is 0.256 e. The number of likely N-dealkylation sites (tertiary alicyclic amines) is 1. The molecule has 2 heterocycles. The summed E-state index contributed by atoms with van der Waals surface area (Å²) in [5, 5.41) is 0. The Hall–Kier alpha value is -1.16. The Kier molecular flexibility index (Phi) is 4.40. The fourth-order valence-corrected chi connectivity index (χ4v) is 2.74. The molecule has 1 saturated heterocycles. The Morgan fingerprint density at radius 1 is 1.32 bits per heavy atom. The molecule has 0 saturated carbocycles. The second-order valence-corrected chi connectivity index (χ2v) is 5.99. The number of aromatic nitrogens is 2. The van der Waals surface area contributed by atoms with Crippen LogP contribution in [0.1, 0.15) is 37.9 Å². The van der Waals surface area contributed by atoms with Gasteiger partial charge in [-0.25, -0.2) is 4.98 Å². The highest BCUT2D eigenvalue weighted by Crippen LogP contribution is 2.20. The van der Waals surface area contributed by atoms with Crippen LogP contribution >= 0.6 is 0 Å². The van der Waals surface area contributed by atoms with Crippen molar-refractivity contribution in [2.45, 2.75) is 53.1 Å². The lowest BCUT2D eigenvalue weighted by atomic mass is 9.96. The zero-order valence-electron chi connectivity index (χ0n) is 12.5. The van der Waals surface area contributed by atoms with Crippen molar-refractivity contribution in [3.8, 4) is 0 Å². The Balaban J connectivity index is 2.00. The van der Waals surface area contributed by atoms with E-state index in [4.69, 9.17) is 0 Å². The van der Waals surface area contributed by atoms with Crippen molar-refractivity contribution in [2.75, 3.05) is 13.1 Å². The third-order valence-electron chi connectivity index (χ3n) is 4.35. The molecule has 0 spiro atoms. The lowest BCUT2D eigenvalue weighted by molar-refractivity contribution is 0.141. The number of piperidine rings is 1. The fraction of sp³-hybridized carbons (Fsp3) is 0.733. The highest BCUT2D eigenvalue weighted by atomic mass is 16.1. The van der Waals surface area contributed by atoms with Crippen molar-refractivity contribution in [3.63, 3.8) is 0 Å². The zero-order valence-corrected chi connectivity index (χ0v) is 12.5. The summed E-state index contributed by atoms with van der Waals surface area (Å²) < 4.78 is 1.79. The largest absolute Gasteiger partial charge is 0.301 e. The Bertz CT molecular complexity index is 485. The number of aryl methyl sites for hydroxylation is 1. The fourth-order valence-electron chi connectivity index (χ4n) is 2.74. The molecular formula is C15H25N3O. The molecule has 0 aromatic carbocycles. The number of hydrogen-bond acceptors (Lipinski definition) is 3. The van der Waals surface area contributed by atoms with Gasteiger partial charge in [-0.2, -0.15) is 0 Å². The molecule has 0 N–H and O–H groups in total. The molecule has 1 aliphatic rings. The van der Waals surface area contributed by atoms with Gasteiger partial charge in [0.25, 0.3) is 5.56 Å². The van der Waals surface area contributed by atoms with Crippen molar-refractivity contribution in [1.82, 2.24) is 14.5 Å². The van der Waals surface area contributed by atoms with Gasteiger partial charge in [0.05, 0.1) is 6.33 Å². The summed E-state index contributed by atoms with van der Waals surface area (Å²) in [7, 11) is 0. The summed E-state index contributed by atoms with van der Waals surface area (Å²) in [6.45, 7) is 11.4. The van der Waals surface area contributed by atoms with E-state index in [2.05, 4.69) is 23.7 Å². The average Bonchev–Trinajstić information content (AvgIpc) is 2.40. The second kappa shape index (κ2) is 5.87. The summed E-state index contributed by atoms with van der Waals surface area (Å²) in [4.78, 5) is 19.0. The number of hydrogen-bond donors (Lipinski definition) is 0. The molecule has 1 aromatic rings. The minimum atomic E-state index is 0.124. The molecule has 1 aliphatic heterocycles. The minimum Gasteiger partial charge on any atom is -0.301 e. The van der Waals surface area contributed by atoms with Gasteiger partial charge in [0, 0.05) is 23.8 Å². The van der Waals surface area contributed by atoms with Crippen LogP contribution in [0.4, 0.5) is 0 Å². The van der Waals surface area contributed by atoms with E-state index in [0.717, 1.165) is 30.9 Å². The third-order valence-corrected chi connectivity index (χ3v) is 4.35. The van der Waals surface area contributed by atoms with Crippen LogP contribution < -0.4 is 5.56 Å². The molecule has 106 valence electrons. The molecule has 0 bridgehead atoms. The molecule has 0 radical (unpaired) electrons. The van der Waals surface area contributed by atoms with Crippen LogP contribution in [0.25, 0.3) is 0 Å². The van der Waals surface area contributed by atoms with Crippen LogP contribution in [0.3, 0.4) is 0 Å². The molecule has 4 heteroatoms. The normalized spacial score (nSPS) is 18.2. The molecule has 1 aromatic heterocycles. The quantitative estimate of drug-likeness (QED) is 0.837. The predicted molar refractivity (Wildman–Crippen MR) is 77.4 cm³/mol. The summed E-state index contributed by atoms with van der Waals surface area (Å²) in [6.07, 6.45) is 4.06. The van der Waals surface area contributed by atoms with Gasteiger partial charge in [-0.05, 0) is 59.5 Å². The predicted octanol–water partition coefficient (Wildman–Crippen LogP) is 1.98. The lowest BCUT2D eigenvalue weighted by Gasteiger charge is -2.34. The Morgan fingerprint density at radius 3 is 2.53 bits per heavy atom. The van der Waals surface area contributed by atoms with Gasteiger partial charge in [-0.1, -0.05) is 0 Å². The van der Waals surface area contributed by atoms with E-state index in [1.807, 2.05) is 13.8 Å². The summed E-state index contributed by atoms with van der Waals surface area (Å²) in [6, 6.07) is 0.631. The summed E-state index contributed by atoms with van der Waals surface area (Å²) in [5.41, 5.74) is 1.75. The van der Waals surface area contributed by atoms with Crippen LogP contribution in [0.5, 0.6) is 0 Å². The number of rotatable bonds is 3. The van der Waals surface area contributed by atoms with E-state index >= 15 is 0 Å². The van der Waals surface area contributed by atoms with Crippen LogP contribution in [0.15, 0.2) is 11.1 Å². The summed E-state index contributed by atoms with van der Waals surface area (Å²) in [5.74, 6) is 0.608. The van der Waals surface area contributed by atoms with Crippen LogP contribution in [-0.2, 0) is 6.54 Å². The van der Waals surface area contributed by atoms with E-state index in [-0.39, 0.29) is 5.56 Å².